The van der Waals surface area contributed by atoms with Gasteiger partial charge in [0.2, 0.25) is 0 Å². The molecule has 1 aliphatic rings. The number of carbonyl (C=O) groups is 1. The standard InChI is InChI=1S/C25H23F3N8OS/c1-35-6-8-36(9-7-35)15-17-3-4-19(11-21(17)25(26,27)28)32-23(37)33-24-30-14-20(38-24)5-2-16-10-18-13-31-34-22(18)29-12-16/h3-4,10-14H,6-9,15H2,1H3,(H,29,31,34)(H2,30,32,33,37). The van der Waals surface area contributed by atoms with Crippen LogP contribution in [0.3, 0.4) is 0 Å². The number of hydrogen-bond acceptors (Lipinski definition) is 7. The van der Waals surface area contributed by atoms with Gasteiger partial charge in [-0.15, -0.1) is 0 Å². The molecule has 3 aromatic heterocycles. The van der Waals surface area contributed by atoms with E-state index in [1.807, 2.05) is 18.0 Å². The number of pyridine rings is 1. The van der Waals surface area contributed by atoms with E-state index in [9.17, 15) is 18.0 Å². The van der Waals surface area contributed by atoms with Crippen molar-refractivity contribution in [1.29, 1.82) is 0 Å². The summed E-state index contributed by atoms with van der Waals surface area (Å²) in [7, 11) is 1.99. The van der Waals surface area contributed by atoms with Crippen LogP contribution in [0.4, 0.5) is 28.8 Å². The Morgan fingerprint density at radius 3 is 2.68 bits per heavy atom. The van der Waals surface area contributed by atoms with E-state index in [4.69, 9.17) is 0 Å². The number of hydrogen-bond donors (Lipinski definition) is 3. The summed E-state index contributed by atoms with van der Waals surface area (Å²) in [5, 5.41) is 12.8. The predicted octanol–water partition coefficient (Wildman–Crippen LogP) is 4.22. The van der Waals surface area contributed by atoms with Crippen LogP contribution in [0.5, 0.6) is 0 Å². The molecule has 4 heterocycles. The molecule has 1 aliphatic heterocycles. The van der Waals surface area contributed by atoms with Crippen LogP contribution in [-0.2, 0) is 12.7 Å². The van der Waals surface area contributed by atoms with Gasteiger partial charge in [-0.3, -0.25) is 15.3 Å². The molecule has 0 bridgehead atoms. The molecule has 38 heavy (non-hydrogen) atoms. The van der Waals surface area contributed by atoms with Gasteiger partial charge in [0.15, 0.2) is 10.8 Å². The van der Waals surface area contributed by atoms with Gasteiger partial charge in [-0.1, -0.05) is 23.3 Å². The van der Waals surface area contributed by atoms with Crippen LogP contribution in [0, 0.1) is 11.8 Å². The number of likely N-dealkylation sites (N-methyl/N-ethyl adjacent to an activating group) is 1. The predicted molar refractivity (Wildman–Crippen MR) is 139 cm³/mol. The molecule has 0 atom stereocenters. The number of H-pyrrole nitrogens is 1. The first kappa shape index (κ1) is 25.7. The van der Waals surface area contributed by atoms with Crippen LogP contribution >= 0.6 is 11.3 Å². The molecule has 2 amide bonds. The number of fused-ring (bicyclic) bond motifs is 1. The lowest BCUT2D eigenvalue weighted by molar-refractivity contribution is -0.138. The Kier molecular flexibility index (Phi) is 7.28. The molecule has 5 rings (SSSR count). The SMILES string of the molecule is CN1CCN(Cc2ccc(NC(=O)Nc3ncc(C#Cc4cnc5[nH]ncc5c4)s3)cc2C(F)(F)F)CC1. The molecule has 1 aromatic carbocycles. The average molecular weight is 541 g/mol. The molecule has 0 radical (unpaired) electrons. The van der Waals surface area contributed by atoms with Crippen LogP contribution in [0.1, 0.15) is 21.6 Å². The largest absolute Gasteiger partial charge is 0.416 e. The van der Waals surface area contributed by atoms with Gasteiger partial charge >= 0.3 is 12.2 Å². The van der Waals surface area contributed by atoms with Gasteiger partial charge in [-0.05, 0) is 36.7 Å². The number of urea groups is 1. The highest BCUT2D eigenvalue weighted by atomic mass is 32.1. The van der Waals surface area contributed by atoms with E-state index in [1.54, 1.807) is 12.4 Å². The van der Waals surface area contributed by atoms with Crippen molar-refractivity contribution < 1.29 is 18.0 Å². The fraction of sp³-hybridized carbons (Fsp3) is 0.280. The average Bonchev–Trinajstić information content (AvgIpc) is 3.53. The molecule has 0 saturated carbocycles. The van der Waals surface area contributed by atoms with Crippen LogP contribution in [0.25, 0.3) is 11.0 Å². The molecule has 1 fully saturated rings. The lowest BCUT2D eigenvalue weighted by Gasteiger charge is -2.33. The maximum absolute atomic E-state index is 13.8. The molecule has 9 nitrogen and oxygen atoms in total. The van der Waals surface area contributed by atoms with Crippen LogP contribution in [0.15, 0.2) is 42.9 Å². The maximum atomic E-state index is 13.8. The zero-order valence-electron chi connectivity index (χ0n) is 20.3. The summed E-state index contributed by atoms with van der Waals surface area (Å²) >= 11 is 1.14. The summed E-state index contributed by atoms with van der Waals surface area (Å²) in [4.78, 5) is 25.5. The van der Waals surface area contributed by atoms with E-state index in [2.05, 4.69) is 47.5 Å². The van der Waals surface area contributed by atoms with Gasteiger partial charge in [-0.25, -0.2) is 14.8 Å². The number of aromatic amines is 1. The summed E-state index contributed by atoms with van der Waals surface area (Å²) in [6, 6.07) is 5.01. The Morgan fingerprint density at radius 2 is 1.89 bits per heavy atom. The molecule has 1 saturated heterocycles. The Hall–Kier alpha value is -3.99. The number of aromatic nitrogens is 4. The van der Waals surface area contributed by atoms with Crippen molar-refractivity contribution in [2.75, 3.05) is 43.9 Å². The molecular formula is C25H23F3N8OS. The summed E-state index contributed by atoms with van der Waals surface area (Å²) in [5.74, 6) is 5.94. The summed E-state index contributed by atoms with van der Waals surface area (Å²) < 4.78 is 41.4. The lowest BCUT2D eigenvalue weighted by Crippen LogP contribution is -2.44. The van der Waals surface area contributed by atoms with Gasteiger partial charge in [0.25, 0.3) is 0 Å². The van der Waals surface area contributed by atoms with E-state index in [0.29, 0.717) is 29.2 Å². The molecular weight excluding hydrogens is 517 g/mol. The second-order valence-corrected chi connectivity index (χ2v) is 9.87. The first-order chi connectivity index (χ1) is 18.2. The zero-order valence-corrected chi connectivity index (χ0v) is 21.1. The smallest absolute Gasteiger partial charge is 0.308 e. The second-order valence-electron chi connectivity index (χ2n) is 8.84. The molecule has 0 unspecified atom stereocenters. The maximum Gasteiger partial charge on any atom is 0.416 e. The summed E-state index contributed by atoms with van der Waals surface area (Å²) in [6.45, 7) is 3.22. The normalized spacial score (nSPS) is 14.7. The van der Waals surface area contributed by atoms with Crippen LogP contribution in [0.2, 0.25) is 0 Å². The molecule has 13 heteroatoms. The number of thiazole rings is 1. The fourth-order valence-electron chi connectivity index (χ4n) is 3.99. The molecule has 0 spiro atoms. The quantitative estimate of drug-likeness (QED) is 0.335. The minimum absolute atomic E-state index is 0.0377. The van der Waals surface area contributed by atoms with Crippen LogP contribution < -0.4 is 10.6 Å². The van der Waals surface area contributed by atoms with E-state index >= 15 is 0 Å². The highest BCUT2D eigenvalue weighted by Crippen LogP contribution is 2.34. The van der Waals surface area contributed by atoms with Crippen LogP contribution in [-0.4, -0.2) is 69.2 Å². The van der Waals surface area contributed by atoms with E-state index in [0.717, 1.165) is 35.9 Å². The molecule has 0 aliphatic carbocycles. The Bertz CT molecular complexity index is 1510. The minimum atomic E-state index is -4.55. The van der Waals surface area contributed by atoms with Crippen molar-refractivity contribution in [3.63, 3.8) is 0 Å². The zero-order chi connectivity index (χ0) is 26.7. The second kappa shape index (κ2) is 10.8. The van der Waals surface area contributed by atoms with E-state index < -0.39 is 17.8 Å². The number of nitrogens with one attached hydrogen (secondary N) is 3. The van der Waals surface area contributed by atoms with Crippen molar-refractivity contribution in [2.45, 2.75) is 12.7 Å². The number of halogens is 3. The minimum Gasteiger partial charge on any atom is -0.308 e. The van der Waals surface area contributed by atoms with Crippen molar-refractivity contribution in [3.8, 4) is 11.8 Å². The Morgan fingerprint density at radius 1 is 1.08 bits per heavy atom. The van der Waals surface area contributed by atoms with Gasteiger partial charge in [-0.2, -0.15) is 18.3 Å². The van der Waals surface area contributed by atoms with Crippen molar-refractivity contribution in [3.05, 3.63) is 64.4 Å². The number of carbonyl (C=O) groups excluding carboxylic acids is 1. The number of anilines is 2. The number of alkyl halides is 3. The van der Waals surface area contributed by atoms with Crippen molar-refractivity contribution >= 4 is 39.2 Å². The third-order valence-electron chi connectivity index (χ3n) is 6.01. The van der Waals surface area contributed by atoms with Gasteiger partial charge in [0, 0.05) is 55.6 Å². The first-order valence-corrected chi connectivity index (χ1v) is 12.5. The first-order valence-electron chi connectivity index (χ1n) is 11.7. The van der Waals surface area contributed by atoms with Gasteiger partial charge in [0.1, 0.15) is 0 Å². The van der Waals surface area contributed by atoms with E-state index in [1.165, 1.54) is 18.3 Å². The number of piperazine rings is 1. The molecule has 196 valence electrons. The third kappa shape index (κ3) is 6.28. The van der Waals surface area contributed by atoms with Gasteiger partial charge < -0.3 is 10.2 Å². The summed E-state index contributed by atoms with van der Waals surface area (Å²) in [6.07, 6.45) is 0.231. The molecule has 4 aromatic rings. The Labute approximate surface area is 220 Å². The summed E-state index contributed by atoms with van der Waals surface area (Å²) in [5.41, 5.74) is 0.812. The number of rotatable bonds is 4. The van der Waals surface area contributed by atoms with Gasteiger partial charge in [0.05, 0.1) is 22.8 Å². The highest BCUT2D eigenvalue weighted by Gasteiger charge is 2.34. The number of benzene rings is 1. The monoisotopic (exact) mass is 540 g/mol. The lowest BCUT2D eigenvalue weighted by atomic mass is 10.0. The van der Waals surface area contributed by atoms with Crippen molar-refractivity contribution in [1.82, 2.24) is 30.0 Å². The fourth-order valence-corrected chi connectivity index (χ4v) is 4.66. The number of nitrogens with zero attached hydrogens (tertiary/aromatic N) is 5. The number of amides is 2. The Balaban J connectivity index is 1.22. The molecule has 3 N–H and O–H groups in total. The highest BCUT2D eigenvalue weighted by molar-refractivity contribution is 7.16. The van der Waals surface area contributed by atoms with Crippen molar-refractivity contribution in [2.24, 2.45) is 0 Å². The van der Waals surface area contributed by atoms with E-state index in [-0.39, 0.29) is 22.9 Å². The third-order valence-corrected chi connectivity index (χ3v) is 6.84. The topological polar surface area (TPSA) is 102 Å².